The van der Waals surface area contributed by atoms with Crippen molar-refractivity contribution in [2.45, 2.75) is 6.92 Å². The van der Waals surface area contributed by atoms with Gasteiger partial charge in [-0.3, -0.25) is 0 Å². The molecule has 1 saturated heterocycles. The fraction of sp³-hybridized carbons (Fsp3) is 0.667. The average Bonchev–Trinajstić information content (AvgIpc) is 2.47. The summed E-state index contributed by atoms with van der Waals surface area (Å²) >= 11 is 4.34. The molecule has 1 rings (SSSR count). The Bertz CT molecular complexity index is 349. The fourth-order valence-electron chi connectivity index (χ4n) is 1.25. The summed E-state index contributed by atoms with van der Waals surface area (Å²) in [7, 11) is 0. The number of hydrogen-bond donors (Lipinski definition) is 2. The number of nitriles is 1. The average molecular weight is 250 g/mol. The molecule has 0 amide bonds. The molecule has 2 N–H and O–H groups in total. The van der Waals surface area contributed by atoms with Gasteiger partial charge in [-0.15, -0.1) is 4.99 Å². The standard InChI is InChI=1S/C6H11N4O3PS/c1-2-9-3-4-10(6(9)8-5-7)13-14(11,12)15/h2-4H2,1H3,(H2,11,12,15)/b8-6+. The fourth-order valence-corrected chi connectivity index (χ4v) is 1.90. The zero-order valence-electron chi connectivity index (χ0n) is 8.07. The van der Waals surface area contributed by atoms with Crippen LogP contribution in [0.15, 0.2) is 4.99 Å². The molecule has 0 spiro atoms. The largest absolute Gasteiger partial charge is 0.344 e. The van der Waals surface area contributed by atoms with Crippen molar-refractivity contribution in [2.24, 2.45) is 4.99 Å². The highest BCUT2D eigenvalue weighted by molar-refractivity contribution is 8.06. The molecule has 7 nitrogen and oxygen atoms in total. The maximum Gasteiger partial charge on any atom is 0.344 e. The van der Waals surface area contributed by atoms with Gasteiger partial charge in [0.2, 0.25) is 12.2 Å². The van der Waals surface area contributed by atoms with Crippen LogP contribution in [0.1, 0.15) is 6.92 Å². The molecular formula is C6H11N4O3PS. The second kappa shape index (κ2) is 4.88. The first-order valence-electron chi connectivity index (χ1n) is 4.22. The van der Waals surface area contributed by atoms with E-state index < -0.39 is 6.72 Å². The van der Waals surface area contributed by atoms with Crippen LogP contribution in [0.2, 0.25) is 0 Å². The van der Waals surface area contributed by atoms with Gasteiger partial charge in [0, 0.05) is 13.1 Å². The topological polar surface area (TPSA) is 92.3 Å². The second-order valence-corrected chi connectivity index (χ2v) is 5.34. The first-order chi connectivity index (χ1) is 6.98. The third kappa shape index (κ3) is 3.41. The second-order valence-electron chi connectivity index (χ2n) is 2.77. The van der Waals surface area contributed by atoms with Crippen molar-refractivity contribution in [3.8, 4) is 6.19 Å². The molecule has 9 heteroatoms. The van der Waals surface area contributed by atoms with Gasteiger partial charge >= 0.3 is 6.72 Å². The molecule has 1 aliphatic heterocycles. The zero-order valence-corrected chi connectivity index (χ0v) is 9.78. The Morgan fingerprint density at radius 3 is 2.80 bits per heavy atom. The molecule has 0 atom stereocenters. The molecule has 0 saturated carbocycles. The highest BCUT2D eigenvalue weighted by Crippen LogP contribution is 2.38. The molecule has 0 bridgehead atoms. The van der Waals surface area contributed by atoms with Crippen LogP contribution in [0.4, 0.5) is 0 Å². The molecule has 15 heavy (non-hydrogen) atoms. The van der Waals surface area contributed by atoms with Crippen molar-refractivity contribution in [2.75, 3.05) is 19.6 Å². The van der Waals surface area contributed by atoms with E-state index in [9.17, 15) is 0 Å². The van der Waals surface area contributed by atoms with Crippen LogP contribution < -0.4 is 0 Å². The van der Waals surface area contributed by atoms with Crippen molar-refractivity contribution in [1.29, 1.82) is 5.26 Å². The lowest BCUT2D eigenvalue weighted by molar-refractivity contribution is 0.0156. The zero-order chi connectivity index (χ0) is 11.5. The van der Waals surface area contributed by atoms with E-state index in [0.717, 1.165) is 5.06 Å². The van der Waals surface area contributed by atoms with E-state index in [-0.39, 0.29) is 5.96 Å². The van der Waals surface area contributed by atoms with Crippen LogP contribution in [-0.2, 0) is 16.4 Å². The lowest BCUT2D eigenvalue weighted by Gasteiger charge is -2.21. The number of hydrogen-bond acceptors (Lipinski definition) is 4. The Balaban J connectivity index is 2.80. The predicted octanol–water partition coefficient (Wildman–Crippen LogP) is -0.398. The van der Waals surface area contributed by atoms with Crippen LogP contribution in [0.3, 0.4) is 0 Å². The quantitative estimate of drug-likeness (QED) is 0.520. The highest BCUT2D eigenvalue weighted by atomic mass is 32.5. The number of hydroxylamine groups is 2. The Morgan fingerprint density at radius 1 is 1.67 bits per heavy atom. The lowest BCUT2D eigenvalue weighted by atomic mass is 10.6. The van der Waals surface area contributed by atoms with Crippen LogP contribution in [0.5, 0.6) is 0 Å². The summed E-state index contributed by atoms with van der Waals surface area (Å²) in [4.78, 5) is 23.3. The maximum absolute atomic E-state index is 8.98. The number of aliphatic imine (C=N–C) groups is 1. The van der Waals surface area contributed by atoms with E-state index in [1.807, 2.05) is 6.92 Å². The van der Waals surface area contributed by atoms with Crippen LogP contribution in [0, 0.1) is 11.5 Å². The normalized spacial score (nSPS) is 19.7. The van der Waals surface area contributed by atoms with Crippen molar-refractivity contribution >= 4 is 24.5 Å². The minimum atomic E-state index is -3.77. The lowest BCUT2D eigenvalue weighted by Crippen LogP contribution is -2.32. The van der Waals surface area contributed by atoms with Crippen molar-refractivity contribution < 1.29 is 14.4 Å². The van der Waals surface area contributed by atoms with Crippen molar-refractivity contribution in [1.82, 2.24) is 9.96 Å². The SMILES string of the molecule is CCN1CCN(OP(O)(O)=S)/C1=N/C#N. The van der Waals surface area contributed by atoms with E-state index in [0.29, 0.717) is 19.6 Å². The maximum atomic E-state index is 8.98. The first-order valence-corrected chi connectivity index (χ1v) is 6.85. The summed E-state index contributed by atoms with van der Waals surface area (Å²) in [6.45, 7) is -0.224. The number of rotatable bonds is 3. The monoisotopic (exact) mass is 250 g/mol. The molecule has 0 radical (unpaired) electrons. The number of likely N-dealkylation sites (N-methyl/N-ethyl adjacent to an activating group) is 1. The van der Waals surface area contributed by atoms with E-state index in [1.165, 1.54) is 0 Å². The third-order valence-corrected chi connectivity index (χ3v) is 2.43. The van der Waals surface area contributed by atoms with E-state index >= 15 is 0 Å². The smallest absolute Gasteiger partial charge is 0.339 e. The predicted molar refractivity (Wildman–Crippen MR) is 56.8 cm³/mol. The molecule has 0 aromatic carbocycles. The van der Waals surface area contributed by atoms with Crippen molar-refractivity contribution in [3.05, 3.63) is 0 Å². The van der Waals surface area contributed by atoms with Crippen LogP contribution >= 0.6 is 6.72 Å². The van der Waals surface area contributed by atoms with Gasteiger partial charge < -0.3 is 14.7 Å². The summed E-state index contributed by atoms with van der Waals surface area (Å²) in [5.41, 5.74) is 0. The Hall–Kier alpha value is -0.710. The van der Waals surface area contributed by atoms with Gasteiger partial charge in [0.25, 0.3) is 0 Å². The minimum absolute atomic E-state index is 0.261. The van der Waals surface area contributed by atoms with Gasteiger partial charge in [-0.1, -0.05) is 0 Å². The van der Waals surface area contributed by atoms with Crippen molar-refractivity contribution in [3.63, 3.8) is 0 Å². The molecular weight excluding hydrogens is 239 g/mol. The molecule has 1 aliphatic rings. The molecule has 84 valence electrons. The molecule has 0 aromatic rings. The molecule has 1 fully saturated rings. The number of guanidine groups is 1. The molecule has 1 heterocycles. The van der Waals surface area contributed by atoms with Gasteiger partial charge in [-0.05, 0) is 18.7 Å². The summed E-state index contributed by atoms with van der Waals surface area (Å²) in [5, 5.41) is 9.61. The van der Waals surface area contributed by atoms with E-state index in [1.54, 1.807) is 11.1 Å². The van der Waals surface area contributed by atoms with Crippen LogP contribution in [-0.4, -0.2) is 45.3 Å². The van der Waals surface area contributed by atoms with Gasteiger partial charge in [-0.2, -0.15) is 9.89 Å². The molecule has 0 aliphatic carbocycles. The van der Waals surface area contributed by atoms with E-state index in [4.69, 9.17) is 19.7 Å². The first kappa shape index (κ1) is 12.4. The molecule has 0 aromatic heterocycles. The van der Waals surface area contributed by atoms with Gasteiger partial charge in [0.1, 0.15) is 0 Å². The van der Waals surface area contributed by atoms with E-state index in [2.05, 4.69) is 16.8 Å². The number of nitrogens with zero attached hydrogens (tertiary/aromatic N) is 4. The minimum Gasteiger partial charge on any atom is -0.339 e. The summed E-state index contributed by atoms with van der Waals surface area (Å²) in [6.07, 6.45) is 1.63. The van der Waals surface area contributed by atoms with Crippen LogP contribution in [0.25, 0.3) is 0 Å². The summed E-state index contributed by atoms with van der Waals surface area (Å²) in [5.74, 6) is 0.261. The van der Waals surface area contributed by atoms with Gasteiger partial charge in [0.15, 0.2) is 0 Å². The summed E-state index contributed by atoms with van der Waals surface area (Å²) < 4.78 is 4.74. The Labute approximate surface area is 92.4 Å². The highest BCUT2D eigenvalue weighted by Gasteiger charge is 2.30. The Kier molecular flexibility index (Phi) is 4.02. The third-order valence-electron chi connectivity index (χ3n) is 1.82. The van der Waals surface area contributed by atoms with Gasteiger partial charge in [-0.25, -0.2) is 5.06 Å². The Morgan fingerprint density at radius 2 is 2.33 bits per heavy atom. The summed E-state index contributed by atoms with van der Waals surface area (Å²) in [6, 6.07) is 0. The molecule has 0 unspecified atom stereocenters. The van der Waals surface area contributed by atoms with Gasteiger partial charge in [0.05, 0.1) is 6.54 Å².